The van der Waals surface area contributed by atoms with E-state index in [1.807, 2.05) is 96.9 Å². The van der Waals surface area contributed by atoms with E-state index < -0.39 is 0 Å². The maximum atomic E-state index is 13.8. The lowest BCUT2D eigenvalue weighted by atomic mass is 10.1. The molecule has 14 nitrogen and oxygen atoms in total. The molecule has 7 aromatic rings. The number of amides is 1. The summed E-state index contributed by atoms with van der Waals surface area (Å²) < 4.78 is 28.4. The molecule has 0 radical (unpaired) electrons. The molecule has 1 amide bonds. The molecule has 0 saturated heterocycles. The second kappa shape index (κ2) is 15.5. The molecule has 4 aromatic heterocycles. The summed E-state index contributed by atoms with van der Waals surface area (Å²) in [4.78, 5) is 18.8. The van der Waals surface area contributed by atoms with Crippen LogP contribution in [0.3, 0.4) is 0 Å². The fourth-order valence-corrected chi connectivity index (χ4v) is 6.32. The lowest BCUT2D eigenvalue weighted by molar-refractivity contribution is 0.0946. The fraction of sp³-hybridized carbons (Fsp3) is 0.250. The first-order chi connectivity index (χ1) is 26.3. The Morgan fingerprint density at radius 3 is 2.31 bits per heavy atom. The van der Waals surface area contributed by atoms with Gasteiger partial charge in [0.2, 0.25) is 0 Å². The monoisotopic (exact) mass is 727 g/mol. The highest BCUT2D eigenvalue weighted by atomic mass is 16.5. The lowest BCUT2D eigenvalue weighted by Gasteiger charge is -2.15. The van der Waals surface area contributed by atoms with E-state index in [1.165, 1.54) is 0 Å². The van der Waals surface area contributed by atoms with Crippen LogP contribution in [0, 0.1) is 6.92 Å². The van der Waals surface area contributed by atoms with Crippen molar-refractivity contribution in [3.05, 3.63) is 113 Å². The van der Waals surface area contributed by atoms with E-state index in [0.29, 0.717) is 70.9 Å². The van der Waals surface area contributed by atoms with Crippen LogP contribution in [-0.4, -0.2) is 66.5 Å². The number of benzene rings is 3. The molecule has 0 aliphatic heterocycles. The molecule has 1 N–H and O–H groups in total. The van der Waals surface area contributed by atoms with Gasteiger partial charge in [-0.3, -0.25) is 18.7 Å². The first-order valence-electron chi connectivity index (χ1n) is 17.4. The van der Waals surface area contributed by atoms with E-state index in [1.54, 1.807) is 44.3 Å². The number of carbonyl (C=O) groups excluding carboxylic acids is 1. The van der Waals surface area contributed by atoms with Crippen molar-refractivity contribution in [2.45, 2.75) is 40.1 Å². The number of aryl methyl sites for hydroxylation is 3. The Labute approximate surface area is 312 Å². The van der Waals surface area contributed by atoms with Crippen LogP contribution in [-0.2, 0) is 33.3 Å². The SMILES string of the molecule is CCn1nc(C)c(OCc2ccccc2)c1-c1nnc(-c2nc(C(=O)NCc3ccc(OC)cc3OC)cc3c2cnn3C)n1Cc1ccc(OC)cc1. The van der Waals surface area contributed by atoms with E-state index in [0.717, 1.165) is 28.1 Å². The van der Waals surface area contributed by atoms with Gasteiger partial charge in [-0.2, -0.15) is 10.2 Å². The number of hydrogen-bond acceptors (Lipinski definition) is 10. The molecule has 276 valence electrons. The molecule has 54 heavy (non-hydrogen) atoms. The minimum Gasteiger partial charge on any atom is -0.497 e. The molecule has 0 unspecified atom stereocenters. The van der Waals surface area contributed by atoms with Crippen LogP contribution < -0.4 is 24.3 Å². The van der Waals surface area contributed by atoms with E-state index in [-0.39, 0.29) is 18.1 Å². The summed E-state index contributed by atoms with van der Waals surface area (Å²) >= 11 is 0. The number of rotatable bonds is 14. The van der Waals surface area contributed by atoms with E-state index in [2.05, 4.69) is 10.4 Å². The number of methoxy groups -OCH3 is 3. The Hall–Kier alpha value is -6.70. The molecule has 0 atom stereocenters. The van der Waals surface area contributed by atoms with Crippen LogP contribution >= 0.6 is 0 Å². The highest BCUT2D eigenvalue weighted by Crippen LogP contribution is 2.37. The normalized spacial score (nSPS) is 11.1. The van der Waals surface area contributed by atoms with Crippen LogP contribution in [0.4, 0.5) is 0 Å². The third kappa shape index (κ3) is 7.05. The highest BCUT2D eigenvalue weighted by Gasteiger charge is 2.28. The summed E-state index contributed by atoms with van der Waals surface area (Å²) in [5, 5.41) is 22.6. The minimum atomic E-state index is -0.380. The predicted octanol–water partition coefficient (Wildman–Crippen LogP) is 6.00. The maximum absolute atomic E-state index is 13.8. The maximum Gasteiger partial charge on any atom is 0.270 e. The number of carbonyl (C=O) groups is 1. The molecule has 14 heteroatoms. The van der Waals surface area contributed by atoms with Gasteiger partial charge in [0.1, 0.15) is 46.6 Å². The summed E-state index contributed by atoms with van der Waals surface area (Å²) in [5.74, 6) is 3.20. The molecular formula is C40H41N9O5. The second-order valence-electron chi connectivity index (χ2n) is 12.6. The van der Waals surface area contributed by atoms with Crippen molar-refractivity contribution >= 4 is 16.8 Å². The summed E-state index contributed by atoms with van der Waals surface area (Å²) in [5.41, 5.74) is 5.53. The van der Waals surface area contributed by atoms with Crippen molar-refractivity contribution in [3.8, 4) is 46.0 Å². The number of fused-ring (bicyclic) bond motifs is 1. The van der Waals surface area contributed by atoms with Gasteiger partial charge in [-0.1, -0.05) is 42.5 Å². The number of ether oxygens (including phenoxy) is 4. The molecule has 3 aromatic carbocycles. The standard InChI is InChI=1S/C40H41N9O5/c1-7-49-36(37(25(2)46-49)54-24-27-11-9-8-10-12-27)39-45-44-38(48(39)23-26-13-16-29(51-4)17-14-26)35-31-22-42-47(3)33(31)20-32(43-35)40(50)41-21-28-15-18-30(52-5)19-34(28)53-6/h8-20,22H,7,21,23-24H2,1-6H3,(H,41,50). The van der Waals surface area contributed by atoms with Crippen LogP contribution in [0.2, 0.25) is 0 Å². The molecular weight excluding hydrogens is 686 g/mol. The van der Waals surface area contributed by atoms with Gasteiger partial charge in [0.05, 0.1) is 39.6 Å². The van der Waals surface area contributed by atoms with Crippen LogP contribution in [0.5, 0.6) is 23.0 Å². The Morgan fingerprint density at radius 1 is 0.852 bits per heavy atom. The Kier molecular flexibility index (Phi) is 10.2. The van der Waals surface area contributed by atoms with Gasteiger partial charge in [-0.15, -0.1) is 10.2 Å². The van der Waals surface area contributed by atoms with Crippen molar-refractivity contribution in [1.82, 2.24) is 44.6 Å². The first kappa shape index (κ1) is 35.7. The third-order valence-electron chi connectivity index (χ3n) is 9.18. The van der Waals surface area contributed by atoms with Crippen molar-refractivity contribution in [1.29, 1.82) is 0 Å². The molecule has 0 spiro atoms. The van der Waals surface area contributed by atoms with Gasteiger partial charge in [0, 0.05) is 37.2 Å². The summed E-state index contributed by atoms with van der Waals surface area (Å²) in [7, 11) is 6.63. The highest BCUT2D eigenvalue weighted by molar-refractivity contribution is 5.99. The topological polar surface area (TPSA) is 145 Å². The third-order valence-corrected chi connectivity index (χ3v) is 9.18. The predicted molar refractivity (Wildman–Crippen MR) is 203 cm³/mol. The van der Waals surface area contributed by atoms with Crippen LogP contribution in [0.15, 0.2) is 85.1 Å². The van der Waals surface area contributed by atoms with Crippen molar-refractivity contribution in [3.63, 3.8) is 0 Å². The Balaban J connectivity index is 1.33. The molecule has 0 fully saturated rings. The average molecular weight is 728 g/mol. The van der Waals surface area contributed by atoms with Gasteiger partial charge < -0.3 is 24.3 Å². The van der Waals surface area contributed by atoms with Gasteiger partial charge in [-0.25, -0.2) is 4.98 Å². The zero-order valence-electron chi connectivity index (χ0n) is 31.0. The number of pyridine rings is 1. The minimum absolute atomic E-state index is 0.190. The van der Waals surface area contributed by atoms with E-state index in [9.17, 15) is 4.79 Å². The lowest BCUT2D eigenvalue weighted by Crippen LogP contribution is -2.24. The molecule has 4 heterocycles. The molecule has 0 aliphatic carbocycles. The second-order valence-corrected chi connectivity index (χ2v) is 12.6. The quantitative estimate of drug-likeness (QED) is 0.142. The number of nitrogens with zero attached hydrogens (tertiary/aromatic N) is 8. The largest absolute Gasteiger partial charge is 0.497 e. The molecule has 0 bridgehead atoms. The fourth-order valence-electron chi connectivity index (χ4n) is 6.32. The van der Waals surface area contributed by atoms with Crippen LogP contribution in [0.25, 0.3) is 33.9 Å². The smallest absolute Gasteiger partial charge is 0.270 e. The zero-order valence-corrected chi connectivity index (χ0v) is 31.0. The van der Waals surface area contributed by atoms with Crippen molar-refractivity contribution in [2.75, 3.05) is 21.3 Å². The van der Waals surface area contributed by atoms with Gasteiger partial charge in [0.25, 0.3) is 5.91 Å². The van der Waals surface area contributed by atoms with Gasteiger partial charge in [-0.05, 0) is 55.3 Å². The number of hydrogen-bond donors (Lipinski definition) is 1. The number of aromatic nitrogens is 8. The molecule has 0 saturated carbocycles. The first-order valence-corrected chi connectivity index (χ1v) is 17.4. The van der Waals surface area contributed by atoms with Gasteiger partial charge in [0.15, 0.2) is 17.4 Å². The van der Waals surface area contributed by atoms with Crippen molar-refractivity contribution < 1.29 is 23.7 Å². The van der Waals surface area contributed by atoms with Crippen LogP contribution in [0.1, 0.15) is 39.8 Å². The molecule has 0 aliphatic rings. The van der Waals surface area contributed by atoms with Crippen molar-refractivity contribution in [2.24, 2.45) is 7.05 Å². The Bertz CT molecular complexity index is 2420. The van der Waals surface area contributed by atoms with Gasteiger partial charge >= 0.3 is 0 Å². The van der Waals surface area contributed by atoms with E-state index in [4.69, 9.17) is 39.2 Å². The van der Waals surface area contributed by atoms with E-state index >= 15 is 0 Å². The summed E-state index contributed by atoms with van der Waals surface area (Å²) in [6.45, 7) is 5.43. The Morgan fingerprint density at radius 2 is 1.59 bits per heavy atom. The summed E-state index contributed by atoms with van der Waals surface area (Å²) in [6.07, 6.45) is 1.72. The average Bonchev–Trinajstić information content (AvgIpc) is 3.89. The molecule has 7 rings (SSSR count). The zero-order chi connectivity index (χ0) is 37.8. The number of nitrogens with one attached hydrogen (secondary N) is 1. The summed E-state index contributed by atoms with van der Waals surface area (Å²) in [6, 6.07) is 25.0.